The molecule has 4 heteroatoms. The number of aliphatic hydroxyl groups is 1. The Bertz CT molecular complexity index is 320. The van der Waals surface area contributed by atoms with Gasteiger partial charge in [0.25, 0.3) is 0 Å². The zero-order valence-electron chi connectivity index (χ0n) is 11.2. The van der Waals surface area contributed by atoms with E-state index in [4.69, 9.17) is 5.11 Å². The number of hydrogen-bond donors (Lipinski definition) is 2. The zero-order chi connectivity index (χ0) is 12.7. The molecule has 0 aliphatic rings. The Hall–Kier alpha value is -0.870. The maximum absolute atomic E-state index is 9.13. The lowest BCUT2D eigenvalue weighted by Crippen LogP contribution is -2.20. The van der Waals surface area contributed by atoms with Crippen LogP contribution in [0.25, 0.3) is 0 Å². The molecular weight excluding hydrogens is 214 g/mol. The summed E-state index contributed by atoms with van der Waals surface area (Å²) in [5, 5.41) is 16.8. The number of nitrogens with zero attached hydrogens (tertiary/aromatic N) is 2. The van der Waals surface area contributed by atoms with E-state index in [1.165, 1.54) is 5.56 Å². The Balaban J connectivity index is 2.12. The second kappa shape index (κ2) is 6.77. The van der Waals surface area contributed by atoms with E-state index < -0.39 is 0 Å². The van der Waals surface area contributed by atoms with Crippen LogP contribution in [0.4, 0.5) is 0 Å². The number of aromatic nitrogens is 2. The van der Waals surface area contributed by atoms with Crippen LogP contribution in [0.5, 0.6) is 0 Å². The highest BCUT2D eigenvalue weighted by Crippen LogP contribution is 2.20. The average Bonchev–Trinajstić information content (AvgIpc) is 2.76. The molecule has 0 fully saturated rings. The van der Waals surface area contributed by atoms with Gasteiger partial charge in [0.1, 0.15) is 0 Å². The van der Waals surface area contributed by atoms with Gasteiger partial charge in [0.2, 0.25) is 0 Å². The molecule has 98 valence electrons. The van der Waals surface area contributed by atoms with Gasteiger partial charge in [-0.25, -0.2) is 0 Å². The third-order valence-electron chi connectivity index (χ3n) is 2.97. The minimum absolute atomic E-state index is 0.0504. The van der Waals surface area contributed by atoms with Gasteiger partial charge in [-0.05, 0) is 31.7 Å². The molecule has 0 aromatic carbocycles. The Morgan fingerprint density at radius 2 is 2.24 bits per heavy atom. The van der Waals surface area contributed by atoms with Gasteiger partial charge in [-0.3, -0.25) is 4.68 Å². The molecule has 1 aromatic heterocycles. The van der Waals surface area contributed by atoms with E-state index in [1.807, 2.05) is 10.9 Å². The number of nitrogens with one attached hydrogen (secondary N) is 1. The van der Waals surface area contributed by atoms with Gasteiger partial charge < -0.3 is 10.4 Å². The predicted octanol–water partition coefficient (Wildman–Crippen LogP) is 1.79. The summed E-state index contributed by atoms with van der Waals surface area (Å²) < 4.78 is 1.94. The maximum Gasteiger partial charge on any atom is 0.0534 e. The van der Waals surface area contributed by atoms with Crippen LogP contribution in [0.3, 0.4) is 0 Å². The summed E-state index contributed by atoms with van der Waals surface area (Å²) in [7, 11) is 0. The first kappa shape index (κ1) is 14.2. The van der Waals surface area contributed by atoms with E-state index in [-0.39, 0.29) is 12.0 Å². The third-order valence-corrected chi connectivity index (χ3v) is 2.97. The first-order chi connectivity index (χ1) is 8.07. The normalized spacial score (nSPS) is 12.0. The first-order valence-electron chi connectivity index (χ1n) is 6.40. The fourth-order valence-electron chi connectivity index (χ4n) is 1.67. The molecule has 1 rings (SSSR count). The van der Waals surface area contributed by atoms with Crippen molar-refractivity contribution >= 4 is 0 Å². The van der Waals surface area contributed by atoms with Crippen molar-refractivity contribution in [3.63, 3.8) is 0 Å². The SMILES string of the molecule is CCn1cc(CNCCCC(C)(C)CO)cn1. The highest BCUT2D eigenvalue weighted by molar-refractivity contribution is 5.02. The van der Waals surface area contributed by atoms with Crippen molar-refractivity contribution in [1.82, 2.24) is 15.1 Å². The summed E-state index contributed by atoms with van der Waals surface area (Å²) in [5.74, 6) is 0. The largest absolute Gasteiger partial charge is 0.396 e. The van der Waals surface area contributed by atoms with Gasteiger partial charge in [0.05, 0.1) is 6.20 Å². The van der Waals surface area contributed by atoms with Crippen molar-refractivity contribution in [1.29, 1.82) is 0 Å². The van der Waals surface area contributed by atoms with Gasteiger partial charge in [-0.2, -0.15) is 5.10 Å². The van der Waals surface area contributed by atoms with Crippen LogP contribution in [0.15, 0.2) is 12.4 Å². The van der Waals surface area contributed by atoms with Crippen LogP contribution in [-0.2, 0) is 13.1 Å². The van der Waals surface area contributed by atoms with Crippen molar-refractivity contribution in [2.75, 3.05) is 13.2 Å². The Morgan fingerprint density at radius 1 is 1.47 bits per heavy atom. The molecule has 17 heavy (non-hydrogen) atoms. The van der Waals surface area contributed by atoms with Gasteiger partial charge >= 0.3 is 0 Å². The highest BCUT2D eigenvalue weighted by Gasteiger charge is 2.15. The van der Waals surface area contributed by atoms with Gasteiger partial charge in [-0.1, -0.05) is 13.8 Å². The molecule has 1 heterocycles. The molecule has 0 aliphatic heterocycles. The maximum atomic E-state index is 9.13. The Morgan fingerprint density at radius 3 is 2.82 bits per heavy atom. The first-order valence-corrected chi connectivity index (χ1v) is 6.40. The van der Waals surface area contributed by atoms with Gasteiger partial charge in [0.15, 0.2) is 0 Å². The molecule has 1 aromatic rings. The molecular formula is C13H25N3O. The molecule has 0 saturated heterocycles. The van der Waals surface area contributed by atoms with Crippen molar-refractivity contribution in [3.05, 3.63) is 18.0 Å². The standard InChI is InChI=1S/C13H25N3O/c1-4-16-10-12(9-15-16)8-14-7-5-6-13(2,3)11-17/h9-10,14,17H,4-8,11H2,1-3H3. The van der Waals surface area contributed by atoms with Crippen LogP contribution in [0.2, 0.25) is 0 Å². The summed E-state index contributed by atoms with van der Waals surface area (Å²) in [4.78, 5) is 0. The molecule has 0 spiro atoms. The lowest BCUT2D eigenvalue weighted by atomic mass is 9.89. The smallest absolute Gasteiger partial charge is 0.0534 e. The van der Waals surface area contributed by atoms with Gasteiger partial charge in [-0.15, -0.1) is 0 Å². The predicted molar refractivity (Wildman–Crippen MR) is 69.7 cm³/mol. The van der Waals surface area contributed by atoms with Gasteiger partial charge in [0, 0.05) is 31.5 Å². The average molecular weight is 239 g/mol. The zero-order valence-corrected chi connectivity index (χ0v) is 11.2. The minimum Gasteiger partial charge on any atom is -0.396 e. The number of hydrogen-bond acceptors (Lipinski definition) is 3. The summed E-state index contributed by atoms with van der Waals surface area (Å²) in [5.41, 5.74) is 1.28. The van der Waals surface area contributed by atoms with E-state index in [0.717, 1.165) is 32.5 Å². The third kappa shape index (κ3) is 5.33. The van der Waals surface area contributed by atoms with Crippen LogP contribution in [-0.4, -0.2) is 28.0 Å². The van der Waals surface area contributed by atoms with E-state index >= 15 is 0 Å². The van der Waals surface area contributed by atoms with E-state index in [1.54, 1.807) is 0 Å². The Kier molecular flexibility index (Phi) is 5.65. The summed E-state index contributed by atoms with van der Waals surface area (Å²) in [6, 6.07) is 0. The fourth-order valence-corrected chi connectivity index (χ4v) is 1.67. The molecule has 0 radical (unpaired) electrons. The number of aryl methyl sites for hydroxylation is 1. The summed E-state index contributed by atoms with van der Waals surface area (Å²) in [6.07, 6.45) is 6.12. The number of rotatable bonds is 8. The Labute approximate surface area is 104 Å². The lowest BCUT2D eigenvalue weighted by Gasteiger charge is -2.21. The summed E-state index contributed by atoms with van der Waals surface area (Å²) >= 11 is 0. The molecule has 0 unspecified atom stereocenters. The minimum atomic E-state index is 0.0504. The van der Waals surface area contributed by atoms with Crippen molar-refractivity contribution in [2.45, 2.75) is 46.7 Å². The van der Waals surface area contributed by atoms with E-state index in [9.17, 15) is 0 Å². The summed E-state index contributed by atoms with van der Waals surface area (Å²) in [6.45, 7) is 9.32. The monoisotopic (exact) mass is 239 g/mol. The van der Waals surface area contributed by atoms with Crippen LogP contribution >= 0.6 is 0 Å². The molecule has 0 saturated carbocycles. The second-order valence-corrected chi connectivity index (χ2v) is 5.31. The van der Waals surface area contributed by atoms with Crippen LogP contribution in [0, 0.1) is 5.41 Å². The van der Waals surface area contributed by atoms with E-state index in [2.05, 4.69) is 37.4 Å². The molecule has 0 bridgehead atoms. The number of aliphatic hydroxyl groups excluding tert-OH is 1. The molecule has 0 atom stereocenters. The molecule has 0 amide bonds. The highest BCUT2D eigenvalue weighted by atomic mass is 16.3. The van der Waals surface area contributed by atoms with Crippen molar-refractivity contribution in [3.8, 4) is 0 Å². The fraction of sp³-hybridized carbons (Fsp3) is 0.769. The second-order valence-electron chi connectivity index (χ2n) is 5.31. The quantitative estimate of drug-likeness (QED) is 0.680. The molecule has 0 aliphatic carbocycles. The van der Waals surface area contributed by atoms with Crippen LogP contribution in [0.1, 0.15) is 39.2 Å². The van der Waals surface area contributed by atoms with Crippen LogP contribution < -0.4 is 5.32 Å². The van der Waals surface area contributed by atoms with E-state index in [0.29, 0.717) is 0 Å². The van der Waals surface area contributed by atoms with Crippen molar-refractivity contribution in [2.24, 2.45) is 5.41 Å². The van der Waals surface area contributed by atoms with Crippen molar-refractivity contribution < 1.29 is 5.11 Å². The molecule has 2 N–H and O–H groups in total. The lowest BCUT2D eigenvalue weighted by molar-refractivity contribution is 0.148. The molecule has 4 nitrogen and oxygen atoms in total. The topological polar surface area (TPSA) is 50.1 Å².